The SMILES string of the molecule is COc1ccc(OCC(CN)C2CCNC2)cc1. The smallest absolute Gasteiger partial charge is 0.119 e. The Balaban J connectivity index is 1.84. The molecule has 1 aromatic rings. The van der Waals surface area contributed by atoms with Gasteiger partial charge in [-0.05, 0) is 56.2 Å². The molecule has 0 aromatic heterocycles. The van der Waals surface area contributed by atoms with Crippen LogP contribution in [0, 0.1) is 11.8 Å². The van der Waals surface area contributed by atoms with E-state index in [0.717, 1.165) is 24.6 Å². The summed E-state index contributed by atoms with van der Waals surface area (Å²) < 4.78 is 10.9. The molecule has 0 spiro atoms. The van der Waals surface area contributed by atoms with Gasteiger partial charge in [0.05, 0.1) is 13.7 Å². The first-order valence-corrected chi connectivity index (χ1v) is 6.51. The summed E-state index contributed by atoms with van der Waals surface area (Å²) in [5, 5.41) is 3.37. The third-order valence-corrected chi connectivity index (χ3v) is 3.59. The average Bonchev–Trinajstić information content (AvgIpc) is 2.94. The van der Waals surface area contributed by atoms with Crippen molar-refractivity contribution >= 4 is 0 Å². The fourth-order valence-electron chi connectivity index (χ4n) is 2.35. The molecule has 4 nitrogen and oxygen atoms in total. The largest absolute Gasteiger partial charge is 0.497 e. The molecule has 1 heterocycles. The van der Waals surface area contributed by atoms with Crippen LogP contribution in [-0.2, 0) is 0 Å². The second-order valence-electron chi connectivity index (χ2n) is 4.74. The maximum absolute atomic E-state index is 5.83. The van der Waals surface area contributed by atoms with E-state index >= 15 is 0 Å². The van der Waals surface area contributed by atoms with E-state index in [1.54, 1.807) is 7.11 Å². The van der Waals surface area contributed by atoms with E-state index < -0.39 is 0 Å². The minimum Gasteiger partial charge on any atom is -0.497 e. The van der Waals surface area contributed by atoms with Crippen LogP contribution in [0.4, 0.5) is 0 Å². The summed E-state index contributed by atoms with van der Waals surface area (Å²) >= 11 is 0. The van der Waals surface area contributed by atoms with Crippen molar-refractivity contribution in [3.8, 4) is 11.5 Å². The molecule has 0 saturated carbocycles. The van der Waals surface area contributed by atoms with Crippen LogP contribution in [-0.4, -0.2) is 33.4 Å². The molecular weight excluding hydrogens is 228 g/mol. The minimum absolute atomic E-state index is 0.433. The first-order valence-electron chi connectivity index (χ1n) is 6.51. The van der Waals surface area contributed by atoms with Crippen molar-refractivity contribution in [3.05, 3.63) is 24.3 Å². The van der Waals surface area contributed by atoms with Gasteiger partial charge in [0, 0.05) is 5.92 Å². The highest BCUT2D eigenvalue weighted by atomic mass is 16.5. The monoisotopic (exact) mass is 250 g/mol. The minimum atomic E-state index is 0.433. The van der Waals surface area contributed by atoms with Crippen LogP contribution >= 0.6 is 0 Å². The highest BCUT2D eigenvalue weighted by molar-refractivity contribution is 5.31. The Bertz CT molecular complexity index is 347. The Hall–Kier alpha value is -1.26. The Morgan fingerprint density at radius 1 is 1.33 bits per heavy atom. The van der Waals surface area contributed by atoms with E-state index in [1.165, 1.54) is 6.42 Å². The lowest BCUT2D eigenvalue weighted by molar-refractivity contribution is 0.206. The van der Waals surface area contributed by atoms with Crippen molar-refractivity contribution in [1.29, 1.82) is 0 Å². The molecule has 100 valence electrons. The molecule has 1 aliphatic rings. The van der Waals surface area contributed by atoms with Crippen molar-refractivity contribution in [1.82, 2.24) is 5.32 Å². The third-order valence-electron chi connectivity index (χ3n) is 3.59. The van der Waals surface area contributed by atoms with Gasteiger partial charge in [-0.25, -0.2) is 0 Å². The molecule has 0 bridgehead atoms. The number of rotatable bonds is 6. The molecule has 0 aliphatic carbocycles. The summed E-state index contributed by atoms with van der Waals surface area (Å²) in [5.74, 6) is 2.80. The summed E-state index contributed by atoms with van der Waals surface area (Å²) in [4.78, 5) is 0. The van der Waals surface area contributed by atoms with Crippen molar-refractivity contribution in [2.24, 2.45) is 17.6 Å². The van der Waals surface area contributed by atoms with Crippen molar-refractivity contribution in [3.63, 3.8) is 0 Å². The number of nitrogens with two attached hydrogens (primary N) is 1. The van der Waals surface area contributed by atoms with Crippen LogP contribution in [0.25, 0.3) is 0 Å². The fourth-order valence-corrected chi connectivity index (χ4v) is 2.35. The molecule has 2 atom stereocenters. The number of methoxy groups -OCH3 is 1. The Labute approximate surface area is 108 Å². The van der Waals surface area contributed by atoms with Gasteiger partial charge >= 0.3 is 0 Å². The van der Waals surface area contributed by atoms with Gasteiger partial charge in [-0.15, -0.1) is 0 Å². The molecule has 2 unspecified atom stereocenters. The van der Waals surface area contributed by atoms with E-state index in [0.29, 0.717) is 25.0 Å². The molecule has 1 aliphatic heterocycles. The van der Waals surface area contributed by atoms with E-state index in [4.69, 9.17) is 15.2 Å². The lowest BCUT2D eigenvalue weighted by Crippen LogP contribution is -2.30. The van der Waals surface area contributed by atoms with E-state index in [-0.39, 0.29) is 0 Å². The van der Waals surface area contributed by atoms with Gasteiger partial charge < -0.3 is 20.5 Å². The molecular formula is C14H22N2O2. The van der Waals surface area contributed by atoms with Crippen LogP contribution < -0.4 is 20.5 Å². The van der Waals surface area contributed by atoms with Crippen molar-refractivity contribution in [2.45, 2.75) is 6.42 Å². The summed E-state index contributed by atoms with van der Waals surface area (Å²) in [6.07, 6.45) is 1.20. The predicted molar refractivity (Wildman–Crippen MR) is 72.0 cm³/mol. The van der Waals surface area contributed by atoms with E-state index in [9.17, 15) is 0 Å². The van der Waals surface area contributed by atoms with Crippen LogP contribution in [0.5, 0.6) is 11.5 Å². The fraction of sp³-hybridized carbons (Fsp3) is 0.571. The first kappa shape index (κ1) is 13.2. The first-order chi connectivity index (χ1) is 8.83. The van der Waals surface area contributed by atoms with Gasteiger partial charge in [0.2, 0.25) is 0 Å². The number of nitrogens with one attached hydrogen (secondary N) is 1. The number of hydrogen-bond donors (Lipinski definition) is 2. The van der Waals surface area contributed by atoms with Crippen LogP contribution in [0.3, 0.4) is 0 Å². The predicted octanol–water partition coefficient (Wildman–Crippen LogP) is 1.26. The molecule has 18 heavy (non-hydrogen) atoms. The molecule has 0 radical (unpaired) electrons. The molecule has 2 rings (SSSR count). The standard InChI is InChI=1S/C14H22N2O2/c1-17-13-2-4-14(5-3-13)18-10-12(8-15)11-6-7-16-9-11/h2-5,11-12,16H,6-10,15H2,1H3. The van der Waals surface area contributed by atoms with Gasteiger partial charge in [-0.1, -0.05) is 0 Å². The lowest BCUT2D eigenvalue weighted by Gasteiger charge is -2.21. The maximum atomic E-state index is 5.83. The summed E-state index contributed by atoms with van der Waals surface area (Å²) in [7, 11) is 1.66. The summed E-state index contributed by atoms with van der Waals surface area (Å²) in [6, 6.07) is 7.67. The average molecular weight is 250 g/mol. The summed E-state index contributed by atoms with van der Waals surface area (Å²) in [5.41, 5.74) is 5.83. The Morgan fingerprint density at radius 3 is 2.61 bits per heavy atom. The molecule has 3 N–H and O–H groups in total. The van der Waals surface area contributed by atoms with Crippen LogP contribution in [0.2, 0.25) is 0 Å². The molecule has 1 fully saturated rings. The Kier molecular flexibility index (Phi) is 4.84. The normalized spacial score (nSPS) is 20.7. The van der Waals surface area contributed by atoms with Crippen LogP contribution in [0.1, 0.15) is 6.42 Å². The highest BCUT2D eigenvalue weighted by Gasteiger charge is 2.24. The van der Waals surface area contributed by atoms with Gasteiger partial charge in [0.15, 0.2) is 0 Å². The number of hydrogen-bond acceptors (Lipinski definition) is 4. The molecule has 4 heteroatoms. The summed E-state index contributed by atoms with van der Waals surface area (Å²) in [6.45, 7) is 3.54. The second kappa shape index (κ2) is 6.61. The molecule has 0 amide bonds. The maximum Gasteiger partial charge on any atom is 0.119 e. The topological polar surface area (TPSA) is 56.5 Å². The van der Waals surface area contributed by atoms with Gasteiger partial charge in [-0.3, -0.25) is 0 Å². The van der Waals surface area contributed by atoms with Gasteiger partial charge in [0.1, 0.15) is 11.5 Å². The van der Waals surface area contributed by atoms with Crippen molar-refractivity contribution in [2.75, 3.05) is 33.4 Å². The third kappa shape index (κ3) is 3.37. The molecule has 1 aromatic carbocycles. The zero-order chi connectivity index (χ0) is 12.8. The van der Waals surface area contributed by atoms with E-state index in [1.807, 2.05) is 24.3 Å². The highest BCUT2D eigenvalue weighted by Crippen LogP contribution is 2.21. The van der Waals surface area contributed by atoms with Gasteiger partial charge in [-0.2, -0.15) is 0 Å². The lowest BCUT2D eigenvalue weighted by atomic mass is 9.92. The number of ether oxygens (including phenoxy) is 2. The van der Waals surface area contributed by atoms with E-state index in [2.05, 4.69) is 5.32 Å². The quantitative estimate of drug-likeness (QED) is 0.798. The second-order valence-corrected chi connectivity index (χ2v) is 4.74. The van der Waals surface area contributed by atoms with Crippen molar-refractivity contribution < 1.29 is 9.47 Å². The van der Waals surface area contributed by atoms with Gasteiger partial charge in [0.25, 0.3) is 0 Å². The zero-order valence-electron chi connectivity index (χ0n) is 10.9. The van der Waals surface area contributed by atoms with Crippen LogP contribution in [0.15, 0.2) is 24.3 Å². The zero-order valence-corrected chi connectivity index (χ0v) is 10.9. The molecule has 1 saturated heterocycles. The Morgan fingerprint density at radius 2 is 2.06 bits per heavy atom. The number of benzene rings is 1.